The number of hydrogen-bond donors (Lipinski definition) is 2. The van der Waals surface area contributed by atoms with E-state index in [0.717, 1.165) is 16.5 Å². The van der Waals surface area contributed by atoms with Crippen LogP contribution in [0.4, 0.5) is 4.39 Å². The second-order valence-electron chi connectivity index (χ2n) is 10.6. The molecule has 1 fully saturated rings. The van der Waals surface area contributed by atoms with Gasteiger partial charge in [-0.3, -0.25) is 14.4 Å². The zero-order valence-electron chi connectivity index (χ0n) is 23.0. The fourth-order valence-corrected chi connectivity index (χ4v) is 5.51. The van der Waals surface area contributed by atoms with E-state index >= 15 is 0 Å². The number of nitrogens with zero attached hydrogens (tertiary/aromatic N) is 3. The number of rotatable bonds is 8. The van der Waals surface area contributed by atoms with Crippen LogP contribution in [0.3, 0.4) is 0 Å². The number of aryl methyl sites for hydroxylation is 1. The summed E-state index contributed by atoms with van der Waals surface area (Å²) in [6.07, 6.45) is 0.785. The Morgan fingerprint density at radius 2 is 1.71 bits per heavy atom. The average Bonchev–Trinajstić information content (AvgIpc) is 3.53. The molecule has 2 N–H and O–H groups in total. The van der Waals surface area contributed by atoms with Crippen molar-refractivity contribution in [2.75, 3.05) is 13.6 Å². The van der Waals surface area contributed by atoms with Crippen LogP contribution in [0.15, 0.2) is 85.1 Å². The molecule has 3 amide bonds. The molecule has 3 atom stereocenters. The number of carbonyl (C=O) groups is 3. The van der Waals surface area contributed by atoms with Gasteiger partial charge in [0.2, 0.25) is 11.8 Å². The monoisotopic (exact) mass is 556 g/mol. The van der Waals surface area contributed by atoms with E-state index in [1.807, 2.05) is 66.2 Å². The van der Waals surface area contributed by atoms with Gasteiger partial charge in [0.05, 0.1) is 11.7 Å². The van der Waals surface area contributed by atoms with Gasteiger partial charge in [-0.25, -0.2) is 4.39 Å². The second-order valence-corrected chi connectivity index (χ2v) is 10.6. The molecule has 1 saturated heterocycles. The van der Waals surface area contributed by atoms with Crippen molar-refractivity contribution in [3.8, 4) is 0 Å². The van der Waals surface area contributed by atoms with E-state index in [9.17, 15) is 23.9 Å². The molecule has 0 bridgehead atoms. The number of fused-ring (bicyclic) bond motifs is 1. The summed E-state index contributed by atoms with van der Waals surface area (Å²) in [5, 5.41) is 14.0. The van der Waals surface area contributed by atoms with E-state index in [1.165, 1.54) is 15.9 Å². The molecule has 0 spiro atoms. The van der Waals surface area contributed by atoms with E-state index in [4.69, 9.17) is 0 Å². The topological polar surface area (TPSA) is 94.9 Å². The largest absolute Gasteiger partial charge is 0.391 e. The minimum Gasteiger partial charge on any atom is -0.391 e. The Morgan fingerprint density at radius 3 is 2.46 bits per heavy atom. The van der Waals surface area contributed by atoms with Crippen LogP contribution in [0.25, 0.3) is 10.9 Å². The third-order valence-electron chi connectivity index (χ3n) is 7.61. The first-order valence-corrected chi connectivity index (χ1v) is 13.6. The van der Waals surface area contributed by atoms with Crippen molar-refractivity contribution in [1.82, 2.24) is 19.7 Å². The summed E-state index contributed by atoms with van der Waals surface area (Å²) < 4.78 is 16.5. The highest BCUT2D eigenvalue weighted by Gasteiger charge is 2.41. The van der Waals surface area contributed by atoms with Crippen LogP contribution in [-0.2, 0) is 29.6 Å². The van der Waals surface area contributed by atoms with Gasteiger partial charge in [0.15, 0.2) is 0 Å². The summed E-state index contributed by atoms with van der Waals surface area (Å²) in [6.45, 7) is 0.289. The number of aliphatic hydroxyl groups is 1. The molecule has 1 aromatic heterocycles. The Balaban J connectivity index is 1.39. The number of hydrogen-bond acceptors (Lipinski definition) is 4. The fraction of sp³-hybridized carbons (Fsp3) is 0.281. The van der Waals surface area contributed by atoms with Crippen LogP contribution in [0.2, 0.25) is 0 Å². The molecule has 8 nitrogen and oxygen atoms in total. The third kappa shape index (κ3) is 6.00. The Bertz CT molecular complexity index is 1570. The molecule has 4 aromatic rings. The van der Waals surface area contributed by atoms with Gasteiger partial charge in [-0.2, -0.15) is 0 Å². The lowest BCUT2D eigenvalue weighted by Crippen LogP contribution is -2.54. The Morgan fingerprint density at radius 1 is 1.02 bits per heavy atom. The predicted octanol–water partition coefficient (Wildman–Crippen LogP) is 3.28. The molecule has 212 valence electrons. The fourth-order valence-electron chi connectivity index (χ4n) is 5.51. The van der Waals surface area contributed by atoms with Crippen molar-refractivity contribution in [1.29, 1.82) is 0 Å². The number of carbonyl (C=O) groups excluding carboxylic acids is 3. The van der Waals surface area contributed by atoms with Gasteiger partial charge in [-0.05, 0) is 23.3 Å². The van der Waals surface area contributed by atoms with Crippen LogP contribution in [-0.4, -0.2) is 69.0 Å². The highest BCUT2D eigenvalue weighted by Crippen LogP contribution is 2.26. The maximum Gasteiger partial charge on any atom is 0.256 e. The minimum atomic E-state index is -1.08. The normalized spacial score (nSPS) is 17.4. The van der Waals surface area contributed by atoms with Gasteiger partial charge in [0.25, 0.3) is 5.91 Å². The van der Waals surface area contributed by atoms with Crippen molar-refractivity contribution < 1.29 is 23.9 Å². The summed E-state index contributed by atoms with van der Waals surface area (Å²) in [4.78, 5) is 43.9. The Hall–Kier alpha value is -4.50. The molecule has 3 aromatic carbocycles. The van der Waals surface area contributed by atoms with Crippen molar-refractivity contribution in [3.63, 3.8) is 0 Å². The first-order valence-electron chi connectivity index (χ1n) is 13.6. The van der Waals surface area contributed by atoms with Crippen LogP contribution < -0.4 is 5.32 Å². The van der Waals surface area contributed by atoms with Gasteiger partial charge in [-0.1, -0.05) is 66.7 Å². The summed E-state index contributed by atoms with van der Waals surface area (Å²) in [7, 11) is 3.47. The van der Waals surface area contributed by atoms with E-state index in [0.29, 0.717) is 12.1 Å². The number of benzene rings is 3. The lowest BCUT2D eigenvalue weighted by Gasteiger charge is -2.28. The molecule has 1 aliphatic rings. The third-order valence-corrected chi connectivity index (χ3v) is 7.61. The van der Waals surface area contributed by atoms with Crippen LogP contribution in [0, 0.1) is 5.82 Å². The summed E-state index contributed by atoms with van der Waals surface area (Å²) in [5.74, 6) is -1.82. The molecular weight excluding hydrogens is 523 g/mol. The molecule has 1 unspecified atom stereocenters. The lowest BCUT2D eigenvalue weighted by molar-refractivity contribution is -0.136. The van der Waals surface area contributed by atoms with Crippen LogP contribution in [0.5, 0.6) is 0 Å². The van der Waals surface area contributed by atoms with E-state index < -0.39 is 35.8 Å². The number of likely N-dealkylation sites (N-methyl/N-ethyl adjacent to an activating group) is 1. The number of β-amino-alcohol motifs (C(OH)–C–C–N with tert-alkyl or cyclic N) is 1. The van der Waals surface area contributed by atoms with Gasteiger partial charge < -0.3 is 24.8 Å². The second kappa shape index (κ2) is 11.9. The van der Waals surface area contributed by atoms with E-state index in [2.05, 4.69) is 5.32 Å². The predicted molar refractivity (Wildman–Crippen MR) is 153 cm³/mol. The summed E-state index contributed by atoms with van der Waals surface area (Å²) in [5.41, 5.74) is 2.49. The van der Waals surface area contributed by atoms with Crippen molar-refractivity contribution in [2.45, 2.75) is 37.6 Å². The number of aromatic nitrogens is 1. The highest BCUT2D eigenvalue weighted by molar-refractivity contribution is 6.08. The Labute approximate surface area is 238 Å². The zero-order valence-corrected chi connectivity index (χ0v) is 23.0. The van der Waals surface area contributed by atoms with E-state index in [1.54, 1.807) is 31.4 Å². The van der Waals surface area contributed by atoms with Gasteiger partial charge in [-0.15, -0.1) is 0 Å². The molecule has 1 aliphatic heterocycles. The summed E-state index contributed by atoms with van der Waals surface area (Å²) in [6, 6.07) is 20.9. The molecule has 41 heavy (non-hydrogen) atoms. The molecule has 0 aliphatic carbocycles. The van der Waals surface area contributed by atoms with Crippen LogP contribution in [0.1, 0.15) is 27.9 Å². The molecule has 5 rings (SSSR count). The van der Waals surface area contributed by atoms with Crippen molar-refractivity contribution >= 4 is 28.6 Å². The zero-order chi connectivity index (χ0) is 29.1. The average molecular weight is 557 g/mol. The quantitative estimate of drug-likeness (QED) is 0.348. The number of aliphatic hydroxyl groups excluding tert-OH is 1. The number of amides is 3. The number of likely N-dealkylation sites (tertiary alicyclic amines) is 1. The highest BCUT2D eigenvalue weighted by atomic mass is 19.1. The first kappa shape index (κ1) is 28.0. The maximum atomic E-state index is 14.6. The molecule has 9 heteroatoms. The first-order chi connectivity index (χ1) is 19.7. The lowest BCUT2D eigenvalue weighted by atomic mass is 10.0. The standard InChI is InChI=1S/C32H33FN4O4/c1-35-20-25(24-13-7-9-15-28(24)35)31(40)37-19-23(38)17-29(37)30(39)34-27(16-22-12-6-8-14-26(22)33)32(41)36(2)18-21-10-4-3-5-11-21/h3-15,20,23,27,29,38H,16-19H2,1-2H3,(H,34,39)/t23-,27-,29?/m1/s1. The molecule has 0 radical (unpaired) electrons. The van der Waals surface area contributed by atoms with Gasteiger partial charge in [0.1, 0.15) is 17.9 Å². The number of halogens is 1. The van der Waals surface area contributed by atoms with Crippen LogP contribution >= 0.6 is 0 Å². The van der Waals surface area contributed by atoms with Gasteiger partial charge >= 0.3 is 0 Å². The minimum absolute atomic E-state index is 0.0139. The molecule has 0 saturated carbocycles. The SMILES string of the molecule is CN(Cc1ccccc1)C(=O)[C@@H](Cc1ccccc1F)NC(=O)C1C[C@@H](O)CN1C(=O)c1cn(C)c2ccccc12. The summed E-state index contributed by atoms with van der Waals surface area (Å²) >= 11 is 0. The smallest absolute Gasteiger partial charge is 0.256 e. The maximum absolute atomic E-state index is 14.6. The molecule has 2 heterocycles. The van der Waals surface area contributed by atoms with Gasteiger partial charge in [0, 0.05) is 57.1 Å². The number of nitrogens with one attached hydrogen (secondary N) is 1. The van der Waals surface area contributed by atoms with Crippen molar-refractivity contribution in [2.24, 2.45) is 7.05 Å². The van der Waals surface area contributed by atoms with Crippen molar-refractivity contribution in [3.05, 3.63) is 108 Å². The Kier molecular flexibility index (Phi) is 8.16. The van der Waals surface area contributed by atoms with E-state index in [-0.39, 0.29) is 30.9 Å². The number of para-hydroxylation sites is 1. The molecular formula is C32H33FN4O4.